The Morgan fingerprint density at radius 2 is 2.33 bits per heavy atom. The van der Waals surface area contributed by atoms with Crippen molar-refractivity contribution in [2.45, 2.75) is 19.4 Å². The number of hydrogen-bond acceptors (Lipinski definition) is 2. The summed E-state index contributed by atoms with van der Waals surface area (Å²) in [6.45, 7) is 4.34. The average molecular weight is 202 g/mol. The number of rotatable bonds is 3. The molecule has 1 aromatic heterocycles. The molecule has 0 aliphatic heterocycles. The SMILES string of the molecule is C=C1CC(C(=O)NCc2ccccn2)C1. The van der Waals surface area contributed by atoms with Gasteiger partial charge in [-0.25, -0.2) is 0 Å². The molecule has 0 saturated heterocycles. The predicted molar refractivity (Wildman–Crippen MR) is 57.9 cm³/mol. The van der Waals surface area contributed by atoms with Crippen molar-refractivity contribution < 1.29 is 4.79 Å². The fourth-order valence-electron chi connectivity index (χ4n) is 1.65. The van der Waals surface area contributed by atoms with Gasteiger partial charge < -0.3 is 5.32 Å². The van der Waals surface area contributed by atoms with Crippen molar-refractivity contribution in [1.82, 2.24) is 10.3 Å². The molecule has 1 N–H and O–H groups in total. The van der Waals surface area contributed by atoms with Crippen LogP contribution in [-0.4, -0.2) is 10.9 Å². The number of nitrogens with one attached hydrogen (secondary N) is 1. The Balaban J connectivity index is 1.79. The van der Waals surface area contributed by atoms with Crippen molar-refractivity contribution in [3.63, 3.8) is 0 Å². The molecule has 0 radical (unpaired) electrons. The Hall–Kier alpha value is -1.64. The number of aromatic nitrogens is 1. The van der Waals surface area contributed by atoms with Gasteiger partial charge in [0.25, 0.3) is 0 Å². The van der Waals surface area contributed by atoms with Gasteiger partial charge >= 0.3 is 0 Å². The molecule has 0 atom stereocenters. The largest absolute Gasteiger partial charge is 0.350 e. The van der Waals surface area contributed by atoms with E-state index in [1.165, 1.54) is 5.57 Å². The van der Waals surface area contributed by atoms with Gasteiger partial charge in [-0.2, -0.15) is 0 Å². The molecule has 1 fully saturated rings. The van der Waals surface area contributed by atoms with Gasteiger partial charge in [0.15, 0.2) is 0 Å². The van der Waals surface area contributed by atoms with Crippen LogP contribution in [0.1, 0.15) is 18.5 Å². The van der Waals surface area contributed by atoms with E-state index in [1.54, 1.807) is 6.20 Å². The molecule has 2 rings (SSSR count). The lowest BCUT2D eigenvalue weighted by molar-refractivity contribution is -0.126. The van der Waals surface area contributed by atoms with E-state index in [-0.39, 0.29) is 11.8 Å². The number of allylic oxidation sites excluding steroid dienone is 1. The zero-order valence-electron chi connectivity index (χ0n) is 8.57. The Bertz CT molecular complexity index is 364. The molecule has 0 aromatic carbocycles. The summed E-state index contributed by atoms with van der Waals surface area (Å²) in [5.41, 5.74) is 2.07. The third-order valence-electron chi connectivity index (χ3n) is 2.61. The molecular weight excluding hydrogens is 188 g/mol. The van der Waals surface area contributed by atoms with Crippen LogP contribution in [0.2, 0.25) is 0 Å². The van der Waals surface area contributed by atoms with Crippen LogP contribution in [-0.2, 0) is 11.3 Å². The summed E-state index contributed by atoms with van der Waals surface area (Å²) >= 11 is 0. The molecule has 1 heterocycles. The topological polar surface area (TPSA) is 42.0 Å². The van der Waals surface area contributed by atoms with Crippen LogP contribution in [0.25, 0.3) is 0 Å². The second-order valence-corrected chi connectivity index (χ2v) is 3.89. The van der Waals surface area contributed by atoms with Crippen molar-refractivity contribution in [2.24, 2.45) is 5.92 Å². The first-order valence-electron chi connectivity index (χ1n) is 5.10. The fraction of sp³-hybridized carbons (Fsp3) is 0.333. The Morgan fingerprint density at radius 3 is 2.93 bits per heavy atom. The molecule has 3 heteroatoms. The maximum atomic E-state index is 11.6. The number of hydrogen-bond donors (Lipinski definition) is 1. The summed E-state index contributed by atoms with van der Waals surface area (Å²) in [6, 6.07) is 5.68. The van der Waals surface area contributed by atoms with Gasteiger partial charge in [-0.05, 0) is 25.0 Å². The van der Waals surface area contributed by atoms with Gasteiger partial charge in [-0.1, -0.05) is 18.2 Å². The molecule has 1 amide bonds. The highest BCUT2D eigenvalue weighted by Crippen LogP contribution is 2.31. The molecule has 78 valence electrons. The minimum Gasteiger partial charge on any atom is -0.350 e. The van der Waals surface area contributed by atoms with E-state index in [9.17, 15) is 4.79 Å². The monoisotopic (exact) mass is 202 g/mol. The van der Waals surface area contributed by atoms with E-state index >= 15 is 0 Å². The predicted octanol–water partition coefficient (Wildman–Crippen LogP) is 1.66. The maximum Gasteiger partial charge on any atom is 0.224 e. The van der Waals surface area contributed by atoms with Crippen LogP contribution in [0.15, 0.2) is 36.5 Å². The Labute approximate surface area is 89.2 Å². The molecule has 15 heavy (non-hydrogen) atoms. The van der Waals surface area contributed by atoms with E-state index in [1.807, 2.05) is 18.2 Å². The Morgan fingerprint density at radius 1 is 1.53 bits per heavy atom. The summed E-state index contributed by atoms with van der Waals surface area (Å²) in [5.74, 6) is 0.259. The lowest BCUT2D eigenvalue weighted by atomic mass is 9.80. The van der Waals surface area contributed by atoms with E-state index < -0.39 is 0 Å². The summed E-state index contributed by atoms with van der Waals surface area (Å²) in [6.07, 6.45) is 3.41. The molecule has 1 saturated carbocycles. The quantitative estimate of drug-likeness (QED) is 0.757. The highest BCUT2D eigenvalue weighted by molar-refractivity contribution is 5.80. The summed E-state index contributed by atoms with van der Waals surface area (Å²) in [7, 11) is 0. The molecule has 0 spiro atoms. The summed E-state index contributed by atoms with van der Waals surface area (Å²) < 4.78 is 0. The second-order valence-electron chi connectivity index (χ2n) is 3.89. The van der Waals surface area contributed by atoms with E-state index in [4.69, 9.17) is 0 Å². The van der Waals surface area contributed by atoms with Crippen molar-refractivity contribution in [2.75, 3.05) is 0 Å². The molecule has 0 unspecified atom stereocenters. The van der Waals surface area contributed by atoms with Crippen molar-refractivity contribution in [1.29, 1.82) is 0 Å². The van der Waals surface area contributed by atoms with Gasteiger partial charge in [-0.15, -0.1) is 0 Å². The lowest BCUT2D eigenvalue weighted by Crippen LogP contribution is -2.35. The third kappa shape index (κ3) is 2.43. The number of nitrogens with zero attached hydrogens (tertiary/aromatic N) is 1. The third-order valence-corrected chi connectivity index (χ3v) is 2.61. The standard InChI is InChI=1S/C12H14N2O/c1-9-6-10(7-9)12(15)14-8-11-4-2-3-5-13-11/h2-5,10H,1,6-8H2,(H,14,15). The molecular formula is C12H14N2O. The van der Waals surface area contributed by atoms with Crippen LogP contribution in [0.4, 0.5) is 0 Å². The first-order valence-corrected chi connectivity index (χ1v) is 5.10. The van der Waals surface area contributed by atoms with E-state index in [2.05, 4.69) is 16.9 Å². The van der Waals surface area contributed by atoms with Gasteiger partial charge in [0.1, 0.15) is 0 Å². The van der Waals surface area contributed by atoms with Gasteiger partial charge in [0.2, 0.25) is 5.91 Å². The average Bonchev–Trinajstić information content (AvgIpc) is 2.23. The zero-order valence-corrected chi connectivity index (χ0v) is 8.57. The smallest absolute Gasteiger partial charge is 0.224 e. The van der Waals surface area contributed by atoms with E-state index in [0.717, 1.165) is 18.5 Å². The molecule has 3 nitrogen and oxygen atoms in total. The minimum absolute atomic E-state index is 0.119. The first kappa shape index (κ1) is 9.90. The second kappa shape index (κ2) is 4.26. The molecule has 0 bridgehead atoms. The first-order chi connectivity index (χ1) is 7.25. The summed E-state index contributed by atoms with van der Waals surface area (Å²) in [4.78, 5) is 15.7. The molecule has 1 aliphatic rings. The van der Waals surface area contributed by atoms with Crippen LogP contribution in [0.3, 0.4) is 0 Å². The van der Waals surface area contributed by atoms with Crippen LogP contribution < -0.4 is 5.32 Å². The van der Waals surface area contributed by atoms with Crippen LogP contribution in [0.5, 0.6) is 0 Å². The van der Waals surface area contributed by atoms with Crippen LogP contribution in [0, 0.1) is 5.92 Å². The maximum absolute atomic E-state index is 11.6. The zero-order chi connectivity index (χ0) is 10.7. The number of carbonyl (C=O) groups excluding carboxylic acids is 1. The minimum atomic E-state index is 0.119. The van der Waals surface area contributed by atoms with Crippen molar-refractivity contribution >= 4 is 5.91 Å². The van der Waals surface area contributed by atoms with Gasteiger partial charge in [0.05, 0.1) is 12.2 Å². The van der Waals surface area contributed by atoms with Crippen molar-refractivity contribution in [3.05, 3.63) is 42.2 Å². The molecule has 1 aliphatic carbocycles. The lowest BCUT2D eigenvalue weighted by Gasteiger charge is -2.26. The highest BCUT2D eigenvalue weighted by atomic mass is 16.1. The number of pyridine rings is 1. The molecule has 1 aromatic rings. The van der Waals surface area contributed by atoms with Gasteiger partial charge in [-0.3, -0.25) is 9.78 Å². The number of carbonyl (C=O) groups is 1. The summed E-state index contributed by atoms with van der Waals surface area (Å²) in [5, 5.41) is 2.88. The van der Waals surface area contributed by atoms with Gasteiger partial charge in [0, 0.05) is 12.1 Å². The normalized spacial score (nSPS) is 15.9. The highest BCUT2D eigenvalue weighted by Gasteiger charge is 2.27. The van der Waals surface area contributed by atoms with Crippen molar-refractivity contribution in [3.8, 4) is 0 Å². The number of amides is 1. The van der Waals surface area contributed by atoms with Crippen LogP contribution >= 0.6 is 0 Å². The fourth-order valence-corrected chi connectivity index (χ4v) is 1.65. The Kier molecular flexibility index (Phi) is 2.81. The van der Waals surface area contributed by atoms with E-state index in [0.29, 0.717) is 6.54 Å².